The lowest BCUT2D eigenvalue weighted by Crippen LogP contribution is -2.38. The summed E-state index contributed by atoms with van der Waals surface area (Å²) < 4.78 is 33.8. The van der Waals surface area contributed by atoms with Gasteiger partial charge in [0.05, 0.1) is 22.8 Å². The largest absolute Gasteiger partial charge is 0.495 e. The smallest absolute Gasteiger partial charge is 0.268 e. The van der Waals surface area contributed by atoms with Crippen LogP contribution in [0.25, 0.3) is 0 Å². The highest BCUT2D eigenvalue weighted by atomic mass is 35.5. The average molecular weight is 507 g/mol. The summed E-state index contributed by atoms with van der Waals surface area (Å²) in [5.41, 5.74) is 3.36. The van der Waals surface area contributed by atoms with Crippen LogP contribution in [0, 0.1) is 20.8 Å². The molecule has 3 aromatic carbocycles. The maximum absolute atomic E-state index is 13.8. The molecule has 0 fully saturated rings. The van der Waals surface area contributed by atoms with Crippen LogP contribution in [0.5, 0.6) is 5.75 Å². The van der Waals surface area contributed by atoms with Crippen molar-refractivity contribution in [2.45, 2.75) is 25.7 Å². The molecule has 0 saturated carbocycles. The van der Waals surface area contributed by atoms with Crippen LogP contribution in [0.15, 0.2) is 59.5 Å². The van der Waals surface area contributed by atoms with Gasteiger partial charge >= 0.3 is 0 Å². The molecule has 0 aliphatic heterocycles. The Morgan fingerprint density at radius 2 is 1.61 bits per heavy atom. The second-order valence-corrected chi connectivity index (χ2v) is 10.3. The number of halogens is 2. The fraction of sp³-hybridized carbons (Fsp3) is 0.208. The van der Waals surface area contributed by atoms with Crippen LogP contribution in [0.1, 0.15) is 16.7 Å². The second kappa shape index (κ2) is 10.0. The maximum Gasteiger partial charge on any atom is 0.268 e. The van der Waals surface area contributed by atoms with Gasteiger partial charge in [0, 0.05) is 5.69 Å². The van der Waals surface area contributed by atoms with Crippen LogP contribution >= 0.6 is 23.2 Å². The number of hydrogen-bond donors (Lipinski definition) is 1. The number of nitrogens with zero attached hydrogens (tertiary/aromatic N) is 1. The van der Waals surface area contributed by atoms with Crippen molar-refractivity contribution < 1.29 is 17.9 Å². The first kappa shape index (κ1) is 24.9. The third-order valence-electron chi connectivity index (χ3n) is 5.03. The molecular weight excluding hydrogens is 483 g/mol. The molecule has 3 rings (SSSR count). The summed E-state index contributed by atoms with van der Waals surface area (Å²) in [6.07, 6.45) is 0. The van der Waals surface area contributed by atoms with Gasteiger partial charge in [-0.1, -0.05) is 41.4 Å². The summed E-state index contributed by atoms with van der Waals surface area (Å²) in [5.74, 6) is -0.342. The first-order valence-electron chi connectivity index (χ1n) is 10.0. The quantitative estimate of drug-likeness (QED) is 0.441. The zero-order chi connectivity index (χ0) is 24.3. The van der Waals surface area contributed by atoms with E-state index in [1.807, 2.05) is 32.0 Å². The molecule has 0 saturated heterocycles. The van der Waals surface area contributed by atoms with Crippen LogP contribution in [0.4, 0.5) is 11.4 Å². The first-order chi connectivity index (χ1) is 15.5. The van der Waals surface area contributed by atoms with Crippen molar-refractivity contribution in [3.8, 4) is 5.75 Å². The predicted molar refractivity (Wildman–Crippen MR) is 133 cm³/mol. The second-order valence-electron chi connectivity index (χ2n) is 7.63. The molecule has 0 aromatic heterocycles. The minimum absolute atomic E-state index is 0.0596. The number of carbonyl (C=O) groups is 1. The zero-order valence-electron chi connectivity index (χ0n) is 18.6. The first-order valence-corrected chi connectivity index (χ1v) is 12.2. The normalized spacial score (nSPS) is 11.2. The summed E-state index contributed by atoms with van der Waals surface area (Å²) >= 11 is 12.2. The van der Waals surface area contributed by atoms with E-state index in [0.29, 0.717) is 5.69 Å². The van der Waals surface area contributed by atoms with Gasteiger partial charge in [-0.3, -0.25) is 9.10 Å². The van der Waals surface area contributed by atoms with E-state index < -0.39 is 22.5 Å². The van der Waals surface area contributed by atoms with Gasteiger partial charge < -0.3 is 10.1 Å². The lowest BCUT2D eigenvalue weighted by Gasteiger charge is -2.25. The fourth-order valence-corrected chi connectivity index (χ4v) is 5.20. The lowest BCUT2D eigenvalue weighted by molar-refractivity contribution is -0.114. The Labute approximate surface area is 204 Å². The molecule has 6 nitrogen and oxygen atoms in total. The maximum atomic E-state index is 13.8. The van der Waals surface area contributed by atoms with Gasteiger partial charge in [0.1, 0.15) is 17.2 Å². The van der Waals surface area contributed by atoms with E-state index in [1.165, 1.54) is 31.4 Å². The Balaban J connectivity index is 2.06. The van der Waals surface area contributed by atoms with E-state index in [0.717, 1.165) is 21.0 Å². The zero-order valence-corrected chi connectivity index (χ0v) is 21.0. The van der Waals surface area contributed by atoms with Crippen molar-refractivity contribution in [2.75, 3.05) is 23.3 Å². The standard InChI is InChI=1S/C24H24Cl2N2O4S/c1-15-5-7-17(3)21(11-15)27-24(29)14-28(18-8-9-19(25)20(26)13-18)33(30,31)23-12-16(2)6-10-22(23)32-4/h5-13H,14H2,1-4H3,(H,27,29). The highest BCUT2D eigenvalue weighted by Crippen LogP contribution is 2.34. The van der Waals surface area contributed by atoms with Crippen molar-refractivity contribution in [2.24, 2.45) is 0 Å². The van der Waals surface area contributed by atoms with Crippen LogP contribution in [-0.2, 0) is 14.8 Å². The van der Waals surface area contributed by atoms with Gasteiger partial charge in [-0.15, -0.1) is 0 Å². The predicted octanol–water partition coefficient (Wildman–Crippen LogP) is 5.76. The third-order valence-corrected chi connectivity index (χ3v) is 7.57. The number of carbonyl (C=O) groups excluding carboxylic acids is 1. The van der Waals surface area contributed by atoms with Crippen LogP contribution in [-0.4, -0.2) is 28.0 Å². The van der Waals surface area contributed by atoms with E-state index in [4.69, 9.17) is 27.9 Å². The molecule has 0 heterocycles. The molecule has 0 spiro atoms. The Bertz CT molecular complexity index is 1310. The number of sulfonamides is 1. The molecule has 1 N–H and O–H groups in total. The summed E-state index contributed by atoms with van der Waals surface area (Å²) in [4.78, 5) is 12.9. The number of amides is 1. The number of benzene rings is 3. The monoisotopic (exact) mass is 506 g/mol. The number of methoxy groups -OCH3 is 1. The molecule has 33 heavy (non-hydrogen) atoms. The Morgan fingerprint density at radius 1 is 0.939 bits per heavy atom. The number of anilines is 2. The van der Waals surface area contributed by atoms with Crippen molar-refractivity contribution in [3.63, 3.8) is 0 Å². The molecule has 0 atom stereocenters. The van der Waals surface area contributed by atoms with Gasteiger partial charge in [0.15, 0.2) is 0 Å². The van der Waals surface area contributed by atoms with Gasteiger partial charge in [-0.05, 0) is 73.9 Å². The fourth-order valence-electron chi connectivity index (χ4n) is 3.25. The molecule has 9 heteroatoms. The average Bonchev–Trinajstić information content (AvgIpc) is 2.76. The minimum atomic E-state index is -4.21. The molecule has 0 aliphatic carbocycles. The minimum Gasteiger partial charge on any atom is -0.495 e. The number of rotatable bonds is 7. The molecule has 1 amide bonds. The highest BCUT2D eigenvalue weighted by Gasteiger charge is 2.30. The number of nitrogens with one attached hydrogen (secondary N) is 1. The molecule has 3 aromatic rings. The van der Waals surface area contributed by atoms with E-state index >= 15 is 0 Å². The Hall–Kier alpha value is -2.74. The number of aryl methyl sites for hydroxylation is 3. The number of ether oxygens (including phenoxy) is 1. The van der Waals surface area contributed by atoms with Crippen molar-refractivity contribution in [1.82, 2.24) is 0 Å². The van der Waals surface area contributed by atoms with Gasteiger partial charge in [-0.2, -0.15) is 0 Å². The molecule has 0 aliphatic rings. The van der Waals surface area contributed by atoms with Crippen molar-refractivity contribution >= 4 is 50.5 Å². The van der Waals surface area contributed by atoms with Gasteiger partial charge in [-0.25, -0.2) is 8.42 Å². The van der Waals surface area contributed by atoms with E-state index in [1.54, 1.807) is 19.1 Å². The highest BCUT2D eigenvalue weighted by molar-refractivity contribution is 7.93. The van der Waals surface area contributed by atoms with Crippen LogP contribution in [0.2, 0.25) is 10.0 Å². The molecule has 0 bridgehead atoms. The SMILES string of the molecule is COc1ccc(C)cc1S(=O)(=O)N(CC(=O)Nc1cc(C)ccc1C)c1ccc(Cl)c(Cl)c1. The Kier molecular flexibility index (Phi) is 7.57. The Morgan fingerprint density at radius 3 is 2.27 bits per heavy atom. The summed E-state index contributed by atoms with van der Waals surface area (Å²) in [7, 11) is -2.82. The molecular formula is C24H24Cl2N2O4S. The van der Waals surface area contributed by atoms with E-state index in [2.05, 4.69) is 5.32 Å². The summed E-state index contributed by atoms with van der Waals surface area (Å²) in [6, 6.07) is 14.9. The van der Waals surface area contributed by atoms with Crippen LogP contribution < -0.4 is 14.4 Å². The molecule has 0 radical (unpaired) electrons. The van der Waals surface area contributed by atoms with Crippen molar-refractivity contribution in [3.05, 3.63) is 81.3 Å². The molecule has 174 valence electrons. The third kappa shape index (κ3) is 5.61. The molecule has 0 unspecified atom stereocenters. The van der Waals surface area contributed by atoms with Crippen LogP contribution in [0.3, 0.4) is 0 Å². The summed E-state index contributed by atoms with van der Waals surface area (Å²) in [6.45, 7) is 5.06. The van der Waals surface area contributed by atoms with E-state index in [-0.39, 0.29) is 26.4 Å². The van der Waals surface area contributed by atoms with E-state index in [9.17, 15) is 13.2 Å². The summed E-state index contributed by atoms with van der Waals surface area (Å²) in [5, 5.41) is 3.24. The topological polar surface area (TPSA) is 75.7 Å². The van der Waals surface area contributed by atoms with Gasteiger partial charge in [0.25, 0.3) is 10.0 Å². The van der Waals surface area contributed by atoms with Crippen molar-refractivity contribution in [1.29, 1.82) is 0 Å². The lowest BCUT2D eigenvalue weighted by atomic mass is 10.1. The van der Waals surface area contributed by atoms with Gasteiger partial charge in [0.2, 0.25) is 5.91 Å². The number of hydrogen-bond acceptors (Lipinski definition) is 4.